The summed E-state index contributed by atoms with van der Waals surface area (Å²) in [7, 11) is 1.93. The predicted octanol–water partition coefficient (Wildman–Crippen LogP) is 1.75. The van der Waals surface area contributed by atoms with Crippen molar-refractivity contribution >= 4 is 0 Å². The van der Waals surface area contributed by atoms with Gasteiger partial charge in [-0.05, 0) is 13.5 Å². The lowest BCUT2D eigenvalue weighted by atomic mass is 10.4. The van der Waals surface area contributed by atoms with Gasteiger partial charge in [0.15, 0.2) is 0 Å². The Kier molecular flexibility index (Phi) is 5.32. The van der Waals surface area contributed by atoms with Crippen LogP contribution in [0.1, 0.15) is 44.8 Å². The van der Waals surface area contributed by atoms with Crippen molar-refractivity contribution in [3.05, 3.63) is 11.6 Å². The van der Waals surface area contributed by atoms with E-state index < -0.39 is 0 Å². The minimum atomic E-state index is 0.826. The molecule has 1 N–H and O–H groups in total. The zero-order valence-corrected chi connectivity index (χ0v) is 10.1. The van der Waals surface area contributed by atoms with Crippen LogP contribution in [0.25, 0.3) is 0 Å². The number of aromatic nitrogens is 3. The normalized spacial score (nSPS) is 13.3. The molecule has 0 atom stereocenters. The molecule has 0 saturated carbocycles. The first-order chi connectivity index (χ1) is 7.33. The smallest absolute Gasteiger partial charge is 0.146 e. The number of nitrogens with zero attached hydrogens (tertiary/aromatic N) is 3. The summed E-state index contributed by atoms with van der Waals surface area (Å²) in [6, 6.07) is 0. The number of hydrogen-bond acceptors (Lipinski definition) is 3. The first-order valence-electron chi connectivity index (χ1n) is 5.89. The van der Waals surface area contributed by atoms with Gasteiger partial charge in [-0.25, -0.2) is 0 Å². The van der Waals surface area contributed by atoms with Crippen LogP contribution in [0.15, 0.2) is 0 Å². The summed E-state index contributed by atoms with van der Waals surface area (Å²) in [6.45, 7) is 6.28. The summed E-state index contributed by atoms with van der Waals surface area (Å²) < 4.78 is 2.20. The molecule has 0 unspecified atom stereocenters. The molecule has 1 aromatic rings. The van der Waals surface area contributed by atoms with Gasteiger partial charge in [-0.3, -0.25) is 0 Å². The van der Waals surface area contributed by atoms with E-state index in [4.69, 9.17) is 0 Å². The minimum absolute atomic E-state index is 0.826. The molecule has 4 nitrogen and oxygen atoms in total. The fraction of sp³-hybridized carbons (Fsp3) is 0.818. The van der Waals surface area contributed by atoms with E-state index in [2.05, 4.69) is 33.9 Å². The molecule has 2 rings (SSSR count). The maximum atomic E-state index is 4.09. The van der Waals surface area contributed by atoms with Gasteiger partial charge < -0.3 is 9.88 Å². The van der Waals surface area contributed by atoms with Gasteiger partial charge in [0.1, 0.15) is 11.6 Å². The van der Waals surface area contributed by atoms with Gasteiger partial charge in [-0.2, -0.15) is 0 Å². The van der Waals surface area contributed by atoms with E-state index >= 15 is 0 Å². The fourth-order valence-corrected chi connectivity index (χ4v) is 1.50. The van der Waals surface area contributed by atoms with E-state index in [9.17, 15) is 0 Å². The second-order valence-corrected chi connectivity index (χ2v) is 3.82. The number of rotatable bonds is 3. The summed E-state index contributed by atoms with van der Waals surface area (Å²) in [5, 5.41) is 11.2. The van der Waals surface area contributed by atoms with Crippen molar-refractivity contribution in [2.24, 2.45) is 0 Å². The molecule has 2 heterocycles. The van der Waals surface area contributed by atoms with Crippen molar-refractivity contribution in [3.8, 4) is 0 Å². The van der Waals surface area contributed by atoms with Crippen molar-refractivity contribution in [1.82, 2.24) is 20.1 Å². The fourth-order valence-electron chi connectivity index (χ4n) is 1.50. The Morgan fingerprint density at radius 2 is 2.00 bits per heavy atom. The Morgan fingerprint density at radius 1 is 1.27 bits per heavy atom. The molecule has 15 heavy (non-hydrogen) atoms. The Morgan fingerprint density at radius 3 is 2.60 bits per heavy atom. The van der Waals surface area contributed by atoms with Gasteiger partial charge in [-0.1, -0.05) is 26.7 Å². The highest BCUT2D eigenvalue weighted by Gasteiger charge is 2.15. The van der Waals surface area contributed by atoms with Crippen molar-refractivity contribution in [1.29, 1.82) is 0 Å². The van der Waals surface area contributed by atoms with Crippen LogP contribution in [0.5, 0.6) is 0 Å². The average Bonchev–Trinajstić information content (AvgIpc) is 2.84. The van der Waals surface area contributed by atoms with Crippen molar-refractivity contribution in [3.63, 3.8) is 0 Å². The second kappa shape index (κ2) is 6.56. The van der Waals surface area contributed by atoms with Gasteiger partial charge in [0.05, 0.1) is 6.54 Å². The Balaban J connectivity index is 0.000000245. The van der Waals surface area contributed by atoms with Crippen LogP contribution in [0.4, 0.5) is 0 Å². The van der Waals surface area contributed by atoms with Crippen LogP contribution in [-0.4, -0.2) is 21.8 Å². The molecule has 0 spiro atoms. The zero-order chi connectivity index (χ0) is 11.1. The minimum Gasteiger partial charge on any atom is -0.314 e. The lowest BCUT2D eigenvalue weighted by Gasteiger charge is -1.99. The van der Waals surface area contributed by atoms with Gasteiger partial charge in [-0.15, -0.1) is 10.2 Å². The Bertz CT molecular complexity index is 278. The van der Waals surface area contributed by atoms with E-state index in [0.29, 0.717) is 0 Å². The number of hydrogen-bond donors (Lipinski definition) is 1. The highest BCUT2D eigenvalue weighted by Crippen LogP contribution is 2.13. The lowest BCUT2D eigenvalue weighted by molar-refractivity contribution is 0.651. The van der Waals surface area contributed by atoms with Crippen molar-refractivity contribution in [2.75, 3.05) is 7.05 Å². The van der Waals surface area contributed by atoms with Crippen LogP contribution in [-0.2, 0) is 19.5 Å². The number of nitrogens with one attached hydrogen (secondary N) is 1. The van der Waals surface area contributed by atoms with E-state index in [-0.39, 0.29) is 0 Å². The first kappa shape index (κ1) is 12.2. The molecular formula is C11H22N4. The van der Waals surface area contributed by atoms with Crippen molar-refractivity contribution < 1.29 is 0 Å². The molecule has 0 aromatic carbocycles. The molecule has 0 fully saturated rings. The van der Waals surface area contributed by atoms with E-state index in [1.54, 1.807) is 0 Å². The second-order valence-electron chi connectivity index (χ2n) is 3.82. The van der Waals surface area contributed by atoms with Gasteiger partial charge in [0.25, 0.3) is 0 Å². The summed E-state index contributed by atoms with van der Waals surface area (Å²) >= 11 is 0. The molecular weight excluding hydrogens is 188 g/mol. The van der Waals surface area contributed by atoms with Crippen LogP contribution in [0, 0.1) is 0 Å². The van der Waals surface area contributed by atoms with Crippen molar-refractivity contribution in [2.45, 2.75) is 52.6 Å². The SMILES string of the molecule is CCCC.CNCc1nnc2n1CCC2. The molecule has 86 valence electrons. The molecule has 0 radical (unpaired) electrons. The molecule has 1 aromatic heterocycles. The Labute approximate surface area is 92.1 Å². The Hall–Kier alpha value is -0.900. The maximum Gasteiger partial charge on any atom is 0.146 e. The quantitative estimate of drug-likeness (QED) is 0.826. The third-order valence-electron chi connectivity index (χ3n) is 2.52. The van der Waals surface area contributed by atoms with Gasteiger partial charge in [0, 0.05) is 13.0 Å². The van der Waals surface area contributed by atoms with E-state index in [1.165, 1.54) is 19.3 Å². The van der Waals surface area contributed by atoms with Crippen LogP contribution in [0.3, 0.4) is 0 Å². The standard InChI is InChI=1S/C7H12N4.C4H10/c1-8-5-7-10-9-6-3-2-4-11(6)7;1-3-4-2/h8H,2-5H2,1H3;3-4H2,1-2H3. The summed E-state index contributed by atoms with van der Waals surface area (Å²) in [6.07, 6.45) is 4.96. The van der Waals surface area contributed by atoms with Crippen LogP contribution < -0.4 is 5.32 Å². The third kappa shape index (κ3) is 3.30. The molecule has 1 aliphatic heterocycles. The zero-order valence-electron chi connectivity index (χ0n) is 10.1. The number of fused-ring (bicyclic) bond motifs is 1. The number of aryl methyl sites for hydroxylation is 1. The molecule has 0 saturated heterocycles. The van der Waals surface area contributed by atoms with Crippen LogP contribution in [0.2, 0.25) is 0 Å². The lowest BCUT2D eigenvalue weighted by Crippen LogP contribution is -2.11. The van der Waals surface area contributed by atoms with E-state index in [1.807, 2.05) is 7.05 Å². The largest absolute Gasteiger partial charge is 0.314 e. The van der Waals surface area contributed by atoms with Gasteiger partial charge >= 0.3 is 0 Å². The monoisotopic (exact) mass is 210 g/mol. The number of unbranched alkanes of at least 4 members (excludes halogenated alkanes) is 1. The summed E-state index contributed by atoms with van der Waals surface area (Å²) in [4.78, 5) is 0. The molecule has 1 aliphatic rings. The third-order valence-corrected chi connectivity index (χ3v) is 2.52. The molecule has 4 heteroatoms. The summed E-state index contributed by atoms with van der Waals surface area (Å²) in [5.41, 5.74) is 0. The molecule has 0 aliphatic carbocycles. The average molecular weight is 210 g/mol. The highest BCUT2D eigenvalue weighted by molar-refractivity contribution is 4.99. The summed E-state index contributed by atoms with van der Waals surface area (Å²) in [5.74, 6) is 2.22. The predicted molar refractivity (Wildman–Crippen MR) is 61.7 cm³/mol. The highest BCUT2D eigenvalue weighted by atomic mass is 15.3. The molecule has 0 bridgehead atoms. The topological polar surface area (TPSA) is 42.7 Å². The van der Waals surface area contributed by atoms with E-state index in [0.717, 1.165) is 31.2 Å². The first-order valence-corrected chi connectivity index (χ1v) is 5.89. The molecule has 0 amide bonds. The van der Waals surface area contributed by atoms with Gasteiger partial charge in [0.2, 0.25) is 0 Å². The maximum absolute atomic E-state index is 4.09. The van der Waals surface area contributed by atoms with Crippen LogP contribution >= 0.6 is 0 Å².